The molecule has 4 heteroatoms. The predicted molar refractivity (Wildman–Crippen MR) is 104 cm³/mol. The molecule has 2 rings (SSSR count). The second-order valence-corrected chi connectivity index (χ2v) is 5.78. The van der Waals surface area contributed by atoms with Crippen molar-refractivity contribution in [3.63, 3.8) is 0 Å². The number of ether oxygens (including phenoxy) is 3. The molecule has 25 heavy (non-hydrogen) atoms. The van der Waals surface area contributed by atoms with Crippen molar-refractivity contribution in [3.8, 4) is 40.9 Å². The van der Waals surface area contributed by atoms with Crippen molar-refractivity contribution >= 4 is 15.9 Å². The van der Waals surface area contributed by atoms with Gasteiger partial charge in [-0.3, -0.25) is 0 Å². The maximum atomic E-state index is 5.34. The van der Waals surface area contributed by atoms with Crippen LogP contribution in [0.4, 0.5) is 0 Å². The summed E-state index contributed by atoms with van der Waals surface area (Å²) in [5.41, 5.74) is 2.69. The number of hydrogen-bond donors (Lipinski definition) is 0. The Balaban J connectivity index is 2.25. The number of benzene rings is 2. The molecule has 0 saturated carbocycles. The van der Waals surface area contributed by atoms with Crippen molar-refractivity contribution in [2.75, 3.05) is 26.7 Å². The highest BCUT2D eigenvalue weighted by atomic mass is 79.9. The van der Waals surface area contributed by atoms with Gasteiger partial charge in [0, 0.05) is 28.4 Å². The summed E-state index contributed by atoms with van der Waals surface area (Å²) in [7, 11) is 4.75. The lowest BCUT2D eigenvalue weighted by atomic mass is 10.1. The van der Waals surface area contributed by atoms with Gasteiger partial charge in [0.2, 0.25) is 5.75 Å². The number of rotatable bonds is 4. The third-order valence-corrected chi connectivity index (χ3v) is 3.75. The average Bonchev–Trinajstić information content (AvgIpc) is 2.66. The largest absolute Gasteiger partial charge is 0.493 e. The second kappa shape index (κ2) is 9.67. The fraction of sp³-hybridized carbons (Fsp3) is 0.238. The van der Waals surface area contributed by atoms with E-state index in [1.807, 2.05) is 36.4 Å². The van der Waals surface area contributed by atoms with E-state index in [2.05, 4.69) is 39.6 Å². The monoisotopic (exact) mass is 398 g/mol. The van der Waals surface area contributed by atoms with Crippen LogP contribution in [0.25, 0.3) is 0 Å². The van der Waals surface area contributed by atoms with E-state index in [1.165, 1.54) is 0 Å². The minimum Gasteiger partial charge on any atom is -0.493 e. The van der Waals surface area contributed by atoms with Crippen molar-refractivity contribution in [2.24, 2.45) is 0 Å². The summed E-state index contributed by atoms with van der Waals surface area (Å²) in [6.45, 7) is 0. The molecule has 2 aromatic carbocycles. The molecule has 0 aliphatic carbocycles. The summed E-state index contributed by atoms with van der Waals surface area (Å²) >= 11 is 3.36. The molecule has 0 unspecified atom stereocenters. The molecule has 3 nitrogen and oxygen atoms in total. The van der Waals surface area contributed by atoms with Crippen molar-refractivity contribution in [1.29, 1.82) is 0 Å². The Bertz CT molecular complexity index is 808. The highest BCUT2D eigenvalue weighted by Crippen LogP contribution is 2.37. The molecule has 0 saturated heterocycles. The number of methoxy groups -OCH3 is 3. The fourth-order valence-electron chi connectivity index (χ4n) is 2.15. The van der Waals surface area contributed by atoms with Gasteiger partial charge in [-0.15, -0.1) is 0 Å². The lowest BCUT2D eigenvalue weighted by Crippen LogP contribution is -1.95. The van der Waals surface area contributed by atoms with Crippen LogP contribution in [0.15, 0.2) is 36.4 Å². The zero-order valence-corrected chi connectivity index (χ0v) is 16.1. The van der Waals surface area contributed by atoms with Crippen LogP contribution >= 0.6 is 15.9 Å². The van der Waals surface area contributed by atoms with Crippen LogP contribution in [0.3, 0.4) is 0 Å². The molecule has 0 aliphatic rings. The molecule has 0 aliphatic heterocycles. The lowest BCUT2D eigenvalue weighted by molar-refractivity contribution is 0.324. The lowest BCUT2D eigenvalue weighted by Gasteiger charge is -2.12. The van der Waals surface area contributed by atoms with Crippen LogP contribution in [-0.2, 0) is 0 Å². The highest BCUT2D eigenvalue weighted by Gasteiger charge is 2.12. The summed E-state index contributed by atoms with van der Waals surface area (Å²) in [4.78, 5) is 0. The van der Waals surface area contributed by atoms with Gasteiger partial charge in [0.25, 0.3) is 0 Å². The van der Waals surface area contributed by atoms with E-state index in [1.54, 1.807) is 21.3 Å². The Morgan fingerprint density at radius 2 is 1.28 bits per heavy atom. The number of alkyl halides is 1. The van der Waals surface area contributed by atoms with Crippen LogP contribution in [0.1, 0.15) is 23.1 Å². The summed E-state index contributed by atoms with van der Waals surface area (Å²) in [6.07, 6.45) is 0.836. The quantitative estimate of drug-likeness (QED) is 0.569. The van der Waals surface area contributed by atoms with Crippen LogP contribution in [-0.4, -0.2) is 26.7 Å². The Labute approximate surface area is 157 Å². The second-order valence-electron chi connectivity index (χ2n) is 4.98. The maximum Gasteiger partial charge on any atom is 0.203 e. The molecule has 0 fully saturated rings. The molecule has 0 amide bonds. The van der Waals surface area contributed by atoms with Gasteiger partial charge in [-0.05, 0) is 36.4 Å². The molecule has 0 atom stereocenters. The molecule has 0 bridgehead atoms. The van der Waals surface area contributed by atoms with Crippen molar-refractivity contribution < 1.29 is 14.2 Å². The summed E-state index contributed by atoms with van der Waals surface area (Å²) in [5.74, 6) is 14.2. The number of halogens is 1. The zero-order valence-electron chi connectivity index (χ0n) is 14.5. The average molecular weight is 399 g/mol. The van der Waals surface area contributed by atoms with Gasteiger partial charge in [0.15, 0.2) is 11.5 Å². The molecular formula is C21H19BrO3. The van der Waals surface area contributed by atoms with E-state index in [0.29, 0.717) is 17.2 Å². The van der Waals surface area contributed by atoms with Crippen LogP contribution in [0, 0.1) is 23.7 Å². The zero-order chi connectivity index (χ0) is 18.1. The van der Waals surface area contributed by atoms with Gasteiger partial charge in [-0.25, -0.2) is 0 Å². The Hall–Kier alpha value is -2.56. The van der Waals surface area contributed by atoms with Gasteiger partial charge in [0.1, 0.15) is 0 Å². The van der Waals surface area contributed by atoms with E-state index in [9.17, 15) is 0 Å². The van der Waals surface area contributed by atoms with Gasteiger partial charge in [-0.1, -0.05) is 39.6 Å². The summed E-state index contributed by atoms with van der Waals surface area (Å²) in [6, 6.07) is 11.5. The normalized spacial score (nSPS) is 9.28. The minimum absolute atomic E-state index is 0.557. The first-order chi connectivity index (χ1) is 12.2. The van der Waals surface area contributed by atoms with E-state index >= 15 is 0 Å². The third kappa shape index (κ3) is 5.21. The maximum absolute atomic E-state index is 5.34. The van der Waals surface area contributed by atoms with Crippen LogP contribution in [0.5, 0.6) is 17.2 Å². The molecule has 2 aromatic rings. The summed E-state index contributed by atoms with van der Waals surface area (Å²) in [5, 5.41) is 0.887. The first-order valence-corrected chi connectivity index (χ1v) is 8.81. The van der Waals surface area contributed by atoms with Gasteiger partial charge >= 0.3 is 0 Å². The fourth-order valence-corrected chi connectivity index (χ4v) is 2.34. The van der Waals surface area contributed by atoms with Crippen molar-refractivity contribution in [3.05, 3.63) is 53.1 Å². The van der Waals surface area contributed by atoms with Crippen molar-refractivity contribution in [2.45, 2.75) is 6.42 Å². The molecule has 0 radical (unpaired) electrons. The first-order valence-electron chi connectivity index (χ1n) is 7.68. The highest BCUT2D eigenvalue weighted by molar-refractivity contribution is 9.09. The smallest absolute Gasteiger partial charge is 0.203 e. The van der Waals surface area contributed by atoms with Crippen LogP contribution in [0.2, 0.25) is 0 Å². The SMILES string of the molecule is COc1cc(C#Cc2ccc(C#CCCBr)cc2)cc(OC)c1OC. The van der Waals surface area contributed by atoms with Gasteiger partial charge in [-0.2, -0.15) is 0 Å². The van der Waals surface area contributed by atoms with E-state index in [4.69, 9.17) is 14.2 Å². The number of hydrogen-bond acceptors (Lipinski definition) is 3. The van der Waals surface area contributed by atoms with Gasteiger partial charge in [0.05, 0.1) is 21.3 Å². The Morgan fingerprint density at radius 3 is 1.76 bits per heavy atom. The van der Waals surface area contributed by atoms with E-state index < -0.39 is 0 Å². The minimum atomic E-state index is 0.557. The molecular weight excluding hydrogens is 380 g/mol. The topological polar surface area (TPSA) is 27.7 Å². The molecule has 0 heterocycles. The molecule has 0 aromatic heterocycles. The van der Waals surface area contributed by atoms with Crippen molar-refractivity contribution in [1.82, 2.24) is 0 Å². The predicted octanol–water partition coefficient (Wildman–Crippen LogP) is 4.25. The van der Waals surface area contributed by atoms with E-state index in [0.717, 1.165) is 28.4 Å². The summed E-state index contributed by atoms with van der Waals surface area (Å²) < 4.78 is 16.0. The molecule has 128 valence electrons. The molecule has 0 spiro atoms. The Kier molecular flexibility index (Phi) is 7.26. The van der Waals surface area contributed by atoms with Crippen LogP contribution < -0.4 is 14.2 Å². The van der Waals surface area contributed by atoms with E-state index in [-0.39, 0.29) is 0 Å². The third-order valence-electron chi connectivity index (χ3n) is 3.35. The van der Waals surface area contributed by atoms with Gasteiger partial charge < -0.3 is 14.2 Å². The molecule has 0 N–H and O–H groups in total. The Morgan fingerprint density at radius 1 is 0.760 bits per heavy atom. The first kappa shape index (κ1) is 18.8. The standard InChI is InChI=1S/C21H19BrO3/c1-23-19-14-18(15-20(24-2)21(19)25-3)12-11-17-9-7-16(8-10-17)6-4-5-13-22/h7-10,14-15H,5,13H2,1-3H3.